The van der Waals surface area contributed by atoms with Crippen LogP contribution in [-0.4, -0.2) is 46.9 Å². The second-order valence-electron chi connectivity index (χ2n) is 0. The van der Waals surface area contributed by atoms with E-state index in [-0.39, 0.29) is 42.7 Å². The van der Waals surface area contributed by atoms with E-state index >= 15 is 0 Å². The van der Waals surface area contributed by atoms with Crippen LogP contribution in [0.2, 0.25) is 0 Å². The van der Waals surface area contributed by atoms with Gasteiger partial charge in [-0.2, -0.15) is 0 Å². The molecule has 0 spiro atoms. The standard InChI is InChI=1S/2O.Sb.Sn.Zn.3H. The Morgan fingerprint density at radius 2 is 1.20 bits per heavy atom. The summed E-state index contributed by atoms with van der Waals surface area (Å²) < 4.78 is 16.7. The Kier molecular flexibility index (Phi) is 128. The number of rotatable bonds is 0. The van der Waals surface area contributed by atoms with E-state index in [4.69, 9.17) is 6.65 Å². The topological polar surface area (TPSA) is 34.1 Å². The predicted molar refractivity (Wildman–Crippen MR) is 17.1 cm³/mol. The summed E-state index contributed by atoms with van der Waals surface area (Å²) in [5.74, 6) is 0. The molecule has 2 radical (unpaired) electrons. The van der Waals surface area contributed by atoms with Crippen LogP contribution in [0.5, 0.6) is 0 Å². The molecule has 0 aromatic rings. The van der Waals surface area contributed by atoms with Crippen molar-refractivity contribution in [1.82, 2.24) is 0 Å². The van der Waals surface area contributed by atoms with Gasteiger partial charge in [-0.05, 0) is 0 Å². The van der Waals surface area contributed by atoms with Gasteiger partial charge in [0.25, 0.3) is 0 Å². The molecule has 0 aliphatic rings. The molecule has 0 aliphatic carbocycles. The minimum atomic E-state index is 0. The Morgan fingerprint density at radius 3 is 1.20 bits per heavy atom. The average molecular weight is 341 g/mol. The van der Waals surface area contributed by atoms with Gasteiger partial charge in [0.15, 0.2) is 0 Å². The van der Waals surface area contributed by atoms with Crippen molar-refractivity contribution in [3.8, 4) is 0 Å². The van der Waals surface area contributed by atoms with E-state index in [2.05, 4.69) is 0 Å². The molecule has 0 aromatic carbocycles. The fraction of sp³-hybridized carbons (Fsp3) is 0. The van der Waals surface area contributed by atoms with Gasteiger partial charge in [-0.15, -0.1) is 0 Å². The van der Waals surface area contributed by atoms with Crippen molar-refractivity contribution in [2.75, 3.05) is 0 Å². The van der Waals surface area contributed by atoms with Crippen LogP contribution in [0.4, 0.5) is 0 Å². The van der Waals surface area contributed by atoms with E-state index < -0.39 is 0 Å². The third-order valence-corrected chi connectivity index (χ3v) is 0. The van der Waals surface area contributed by atoms with Gasteiger partial charge in [-0.3, -0.25) is 0 Å². The molecule has 0 amide bonds. The molecule has 0 fully saturated rings. The van der Waals surface area contributed by atoms with E-state index in [0.717, 1.165) is 0 Å². The molecule has 0 atom stereocenters. The monoisotopic (exact) mass is 340 g/mol. The molecule has 0 aromatic heterocycles. The Bertz CT molecular complexity index is 11.6. The van der Waals surface area contributed by atoms with Crippen LogP contribution in [0.15, 0.2) is 0 Å². The first kappa shape index (κ1) is 15.8. The summed E-state index contributed by atoms with van der Waals surface area (Å²) in [5.41, 5.74) is 0. The van der Waals surface area contributed by atoms with Gasteiger partial charge in [0.05, 0.1) is 0 Å². The molecule has 0 saturated heterocycles. The molecule has 26 valence electrons. The van der Waals surface area contributed by atoms with Crippen LogP contribution >= 0.6 is 0 Å². The van der Waals surface area contributed by atoms with Crippen molar-refractivity contribution in [3.05, 3.63) is 0 Å². The molecular formula is H3O2SbSnZn. The van der Waals surface area contributed by atoms with E-state index in [9.17, 15) is 0 Å². The van der Waals surface area contributed by atoms with E-state index in [0.29, 0.717) is 22.5 Å². The second-order valence-corrected chi connectivity index (χ2v) is 0. The molecule has 0 rings (SSSR count). The van der Waals surface area contributed by atoms with Crippen LogP contribution < -0.4 is 0 Å². The number of hydrogen-bond acceptors (Lipinski definition) is 2. The molecule has 0 aliphatic heterocycles. The molecule has 5 heavy (non-hydrogen) atoms. The fourth-order valence-corrected chi connectivity index (χ4v) is 0. The summed E-state index contributed by atoms with van der Waals surface area (Å²) in [5, 5.41) is 0. The van der Waals surface area contributed by atoms with Crippen LogP contribution in [0, 0.1) is 0 Å². The Hall–Kier alpha value is 1.84. The minimum absolute atomic E-state index is 0. The zero-order valence-electron chi connectivity index (χ0n) is 2.73. The first-order valence-corrected chi connectivity index (χ1v) is 2.87. The van der Waals surface area contributed by atoms with Crippen LogP contribution in [0.1, 0.15) is 0 Å². The van der Waals surface area contributed by atoms with E-state index in [1.165, 1.54) is 0 Å². The summed E-state index contributed by atoms with van der Waals surface area (Å²) in [6.07, 6.45) is 0. The van der Waals surface area contributed by atoms with Crippen molar-refractivity contribution in [3.63, 3.8) is 0 Å². The first-order chi connectivity index (χ1) is 2.00. The van der Waals surface area contributed by atoms with Crippen molar-refractivity contribution in [2.24, 2.45) is 0 Å². The fourth-order valence-electron chi connectivity index (χ4n) is 0. The summed E-state index contributed by atoms with van der Waals surface area (Å²) in [6, 6.07) is 0. The maximum atomic E-state index is 8.38. The van der Waals surface area contributed by atoms with E-state index in [1.54, 1.807) is 0 Å². The number of hydrogen-bond donors (Lipinski definition) is 0. The summed E-state index contributed by atoms with van der Waals surface area (Å²) in [6.45, 7) is 0. The van der Waals surface area contributed by atoms with Gasteiger partial charge >= 0.3 is 71.8 Å². The van der Waals surface area contributed by atoms with Gasteiger partial charge in [0, 0.05) is 0 Å². The molecule has 0 bridgehead atoms. The van der Waals surface area contributed by atoms with Crippen LogP contribution in [0.3, 0.4) is 0 Å². The first-order valence-electron chi connectivity index (χ1n) is 0.493. The van der Waals surface area contributed by atoms with Crippen molar-refractivity contribution in [2.45, 2.75) is 0 Å². The summed E-state index contributed by atoms with van der Waals surface area (Å²) in [4.78, 5) is 0. The van der Waals surface area contributed by atoms with Crippen LogP contribution in [-0.2, 0) is 24.9 Å². The van der Waals surface area contributed by atoms with Crippen LogP contribution in [0.25, 0.3) is 0 Å². The average Bonchev–Trinajstić information content (AvgIpc) is 1.50. The van der Waals surface area contributed by atoms with Crippen molar-refractivity contribution < 1.29 is 24.9 Å². The zero-order chi connectivity index (χ0) is 4.00. The molecule has 0 N–H and O–H groups in total. The van der Waals surface area contributed by atoms with E-state index in [1.807, 2.05) is 0 Å². The van der Waals surface area contributed by atoms with Gasteiger partial charge in [-0.25, -0.2) is 0 Å². The quantitative estimate of drug-likeness (QED) is 0.487. The Balaban J connectivity index is -0.0000000133. The molecule has 5 heteroatoms. The SMILES string of the molecule is [O]=[Sn].[O]=[Zn].[SbH3]. The molecular weight excluding hydrogens is 338 g/mol. The second kappa shape index (κ2) is 40.4. The Morgan fingerprint density at radius 1 is 1.20 bits per heavy atom. The summed E-state index contributed by atoms with van der Waals surface area (Å²) in [7, 11) is 0. The third kappa shape index (κ3) is 25.4. The van der Waals surface area contributed by atoms with Crippen molar-refractivity contribution in [1.29, 1.82) is 0 Å². The van der Waals surface area contributed by atoms with Gasteiger partial charge in [0.1, 0.15) is 0 Å². The molecule has 0 saturated carbocycles. The summed E-state index contributed by atoms with van der Waals surface area (Å²) >= 11 is 0.425. The van der Waals surface area contributed by atoms with Gasteiger partial charge in [-0.1, -0.05) is 0 Å². The third-order valence-electron chi connectivity index (χ3n) is 0. The molecule has 0 unspecified atom stereocenters. The normalized spacial score (nSPS) is 2.00. The molecule has 0 heterocycles. The maximum absolute atomic E-state index is 8.38. The zero-order valence-corrected chi connectivity index (χ0v) is 12.6. The molecule has 2 nitrogen and oxygen atoms in total. The Labute approximate surface area is 70.9 Å². The van der Waals surface area contributed by atoms with Gasteiger partial charge in [0.2, 0.25) is 0 Å². The van der Waals surface area contributed by atoms with Crippen molar-refractivity contribution >= 4 is 46.9 Å². The van der Waals surface area contributed by atoms with Gasteiger partial charge < -0.3 is 0 Å². The predicted octanol–water partition coefficient (Wildman–Crippen LogP) is -1.80.